The molecule has 8 aromatic carbocycles. The van der Waals surface area contributed by atoms with E-state index in [0.717, 1.165) is 6.42 Å². The molecule has 11 rings (SSSR count). The topological polar surface area (TPSA) is 9.86 Å². The molecule has 0 amide bonds. The van der Waals surface area contributed by atoms with Gasteiger partial charge in [-0.25, -0.2) is 0 Å². The lowest BCUT2D eigenvalue weighted by Gasteiger charge is -2.12. The highest BCUT2D eigenvalue weighted by molar-refractivity contribution is 6.18. The van der Waals surface area contributed by atoms with Crippen LogP contribution in [-0.4, -0.2) is 9.13 Å². The van der Waals surface area contributed by atoms with Crippen LogP contribution >= 0.6 is 0 Å². The molecular formula is C47H30N2. The van der Waals surface area contributed by atoms with Gasteiger partial charge in [0, 0.05) is 38.3 Å². The summed E-state index contributed by atoms with van der Waals surface area (Å²) in [6, 6.07) is 62.6. The highest BCUT2D eigenvalue weighted by atomic mass is 15.0. The van der Waals surface area contributed by atoms with E-state index in [1.54, 1.807) is 0 Å². The van der Waals surface area contributed by atoms with Crippen LogP contribution < -0.4 is 0 Å². The molecule has 0 saturated carbocycles. The lowest BCUT2D eigenvalue weighted by atomic mass is 9.97. The molecule has 0 saturated heterocycles. The monoisotopic (exact) mass is 622 g/mol. The number of hydrogen-bond donors (Lipinski definition) is 0. The van der Waals surface area contributed by atoms with Gasteiger partial charge in [-0.15, -0.1) is 0 Å². The average molecular weight is 623 g/mol. The molecule has 2 heterocycles. The van der Waals surface area contributed by atoms with Gasteiger partial charge in [0.1, 0.15) is 0 Å². The number of benzene rings is 8. The van der Waals surface area contributed by atoms with Gasteiger partial charge in [-0.05, 0) is 99.8 Å². The van der Waals surface area contributed by atoms with Crippen LogP contribution in [0.4, 0.5) is 0 Å². The Balaban J connectivity index is 1.04. The Morgan fingerprint density at radius 2 is 1.02 bits per heavy atom. The molecule has 2 nitrogen and oxygen atoms in total. The molecule has 0 atom stereocenters. The van der Waals surface area contributed by atoms with Crippen molar-refractivity contribution in [3.63, 3.8) is 0 Å². The van der Waals surface area contributed by atoms with E-state index >= 15 is 0 Å². The molecule has 0 aliphatic heterocycles. The first-order valence-electron chi connectivity index (χ1n) is 17.1. The van der Waals surface area contributed by atoms with Crippen LogP contribution in [0, 0.1) is 0 Å². The van der Waals surface area contributed by atoms with E-state index in [0.29, 0.717) is 0 Å². The van der Waals surface area contributed by atoms with E-state index in [-0.39, 0.29) is 0 Å². The minimum absolute atomic E-state index is 0.945. The Kier molecular flexibility index (Phi) is 5.47. The summed E-state index contributed by atoms with van der Waals surface area (Å²) in [6.07, 6.45) is 0.945. The number of hydrogen-bond acceptors (Lipinski definition) is 0. The highest BCUT2D eigenvalue weighted by Crippen LogP contribution is 2.43. The largest absolute Gasteiger partial charge is 0.309 e. The molecule has 1 aliphatic rings. The van der Waals surface area contributed by atoms with Gasteiger partial charge in [0.05, 0.1) is 22.1 Å². The van der Waals surface area contributed by atoms with Crippen molar-refractivity contribution in [2.75, 3.05) is 0 Å². The second kappa shape index (κ2) is 10.1. The highest BCUT2D eigenvalue weighted by Gasteiger charge is 2.22. The molecule has 0 radical (unpaired) electrons. The molecule has 0 bridgehead atoms. The van der Waals surface area contributed by atoms with Crippen molar-refractivity contribution in [2.24, 2.45) is 0 Å². The van der Waals surface area contributed by atoms with Crippen LogP contribution in [-0.2, 0) is 6.42 Å². The second-order valence-electron chi connectivity index (χ2n) is 13.3. The van der Waals surface area contributed by atoms with Crippen molar-refractivity contribution >= 4 is 54.4 Å². The molecule has 228 valence electrons. The van der Waals surface area contributed by atoms with E-state index in [1.807, 2.05) is 0 Å². The van der Waals surface area contributed by atoms with Gasteiger partial charge in [0.25, 0.3) is 0 Å². The summed E-state index contributed by atoms with van der Waals surface area (Å²) >= 11 is 0. The zero-order valence-corrected chi connectivity index (χ0v) is 26.8. The second-order valence-corrected chi connectivity index (χ2v) is 13.3. The summed E-state index contributed by atoms with van der Waals surface area (Å²) in [5.41, 5.74) is 15.4. The van der Waals surface area contributed by atoms with Crippen molar-refractivity contribution in [1.82, 2.24) is 9.13 Å². The number of para-hydroxylation sites is 3. The third-order valence-electron chi connectivity index (χ3n) is 10.7. The summed E-state index contributed by atoms with van der Waals surface area (Å²) in [4.78, 5) is 0. The van der Waals surface area contributed by atoms with Gasteiger partial charge >= 0.3 is 0 Å². The standard InChI is InChI=1S/C47H30N2/c1-2-11-35(12-3-1)48-44-16-8-7-15-40(44)43-29-32(21-25-46(43)48)31-18-19-33-26-34-27-36(22-24-37(34)42(33)28-31)49-45-17-9-6-14-39(45)41-23-20-30-10-4-5-13-38(30)47(41)49/h1-25,27-29H,26H2. The fourth-order valence-corrected chi connectivity index (χ4v) is 8.50. The van der Waals surface area contributed by atoms with Gasteiger partial charge in [-0.3, -0.25) is 0 Å². The van der Waals surface area contributed by atoms with Crippen molar-refractivity contribution in [3.05, 3.63) is 181 Å². The zero-order valence-electron chi connectivity index (χ0n) is 26.8. The van der Waals surface area contributed by atoms with E-state index < -0.39 is 0 Å². The summed E-state index contributed by atoms with van der Waals surface area (Å²) in [5, 5.41) is 7.70. The molecule has 2 heteroatoms. The maximum atomic E-state index is 2.48. The minimum Gasteiger partial charge on any atom is -0.309 e. The molecule has 0 N–H and O–H groups in total. The van der Waals surface area contributed by atoms with Gasteiger partial charge in [-0.2, -0.15) is 0 Å². The Morgan fingerprint density at radius 3 is 1.88 bits per heavy atom. The van der Waals surface area contributed by atoms with E-state index in [2.05, 4.69) is 179 Å². The Morgan fingerprint density at radius 1 is 0.347 bits per heavy atom. The fraction of sp³-hybridized carbons (Fsp3) is 0.0213. The van der Waals surface area contributed by atoms with Crippen LogP contribution in [0.25, 0.3) is 88.0 Å². The fourth-order valence-electron chi connectivity index (χ4n) is 8.50. The number of nitrogens with zero attached hydrogens (tertiary/aromatic N) is 2. The molecule has 10 aromatic rings. The lowest BCUT2D eigenvalue weighted by Crippen LogP contribution is -1.96. The number of rotatable bonds is 3. The summed E-state index contributed by atoms with van der Waals surface area (Å²) < 4.78 is 4.85. The van der Waals surface area contributed by atoms with Gasteiger partial charge in [0.15, 0.2) is 0 Å². The van der Waals surface area contributed by atoms with Gasteiger partial charge in [-0.1, -0.05) is 115 Å². The van der Waals surface area contributed by atoms with Crippen molar-refractivity contribution < 1.29 is 0 Å². The number of aromatic nitrogens is 2. The summed E-state index contributed by atoms with van der Waals surface area (Å²) in [5.74, 6) is 0. The maximum Gasteiger partial charge on any atom is 0.0619 e. The normalized spacial score (nSPS) is 12.4. The third kappa shape index (κ3) is 3.83. The summed E-state index contributed by atoms with van der Waals surface area (Å²) in [6.45, 7) is 0. The first-order valence-corrected chi connectivity index (χ1v) is 17.1. The number of fused-ring (bicyclic) bond motifs is 11. The van der Waals surface area contributed by atoms with E-state index in [1.165, 1.54) is 99.1 Å². The van der Waals surface area contributed by atoms with Crippen LogP contribution in [0.2, 0.25) is 0 Å². The molecule has 49 heavy (non-hydrogen) atoms. The lowest BCUT2D eigenvalue weighted by molar-refractivity contribution is 1.16. The van der Waals surface area contributed by atoms with Gasteiger partial charge in [0.2, 0.25) is 0 Å². The SMILES string of the molecule is c1ccc(-n2c3ccccc3c3cc(-c4ccc5c(c4)-c4ccc(-n6c7ccccc7c7ccc8ccccc8c76)cc4C5)ccc32)cc1. The van der Waals surface area contributed by atoms with Crippen LogP contribution in [0.3, 0.4) is 0 Å². The maximum absolute atomic E-state index is 2.48. The first-order chi connectivity index (χ1) is 24.3. The molecule has 0 unspecified atom stereocenters. The molecule has 0 spiro atoms. The Bertz CT molecular complexity index is 2960. The smallest absolute Gasteiger partial charge is 0.0619 e. The molecule has 2 aromatic heterocycles. The Hall–Kier alpha value is -6.38. The van der Waals surface area contributed by atoms with Gasteiger partial charge < -0.3 is 9.13 Å². The first kappa shape index (κ1) is 26.7. The van der Waals surface area contributed by atoms with Crippen molar-refractivity contribution in [1.29, 1.82) is 0 Å². The molecular weight excluding hydrogens is 593 g/mol. The molecule has 0 fully saturated rings. The van der Waals surface area contributed by atoms with Crippen LogP contribution in [0.1, 0.15) is 11.1 Å². The van der Waals surface area contributed by atoms with Crippen molar-refractivity contribution in [3.8, 4) is 33.6 Å². The minimum atomic E-state index is 0.945. The summed E-state index contributed by atoms with van der Waals surface area (Å²) in [7, 11) is 0. The van der Waals surface area contributed by atoms with E-state index in [9.17, 15) is 0 Å². The average Bonchev–Trinajstić information content (AvgIpc) is 3.82. The van der Waals surface area contributed by atoms with Crippen LogP contribution in [0.5, 0.6) is 0 Å². The predicted molar refractivity (Wildman–Crippen MR) is 206 cm³/mol. The third-order valence-corrected chi connectivity index (χ3v) is 10.7. The predicted octanol–water partition coefficient (Wildman–Crippen LogP) is 12.3. The van der Waals surface area contributed by atoms with Crippen LogP contribution in [0.15, 0.2) is 170 Å². The molecule has 1 aliphatic carbocycles. The van der Waals surface area contributed by atoms with E-state index in [4.69, 9.17) is 0 Å². The van der Waals surface area contributed by atoms with Crippen molar-refractivity contribution in [2.45, 2.75) is 6.42 Å². The Labute approximate surface area is 283 Å². The zero-order chi connectivity index (χ0) is 32.1. The quantitative estimate of drug-likeness (QED) is 0.186.